The number of hydrogen-bond acceptors (Lipinski definition) is 5. The third-order valence-corrected chi connectivity index (χ3v) is 8.01. The molecule has 1 amide bonds. The minimum atomic E-state index is -3.56. The molecule has 0 aliphatic heterocycles. The highest BCUT2D eigenvalue weighted by Crippen LogP contribution is 2.32. The topological polar surface area (TPSA) is 79.4 Å². The maximum absolute atomic E-state index is 12.5. The van der Waals surface area contributed by atoms with Crippen LogP contribution in [0.2, 0.25) is 0 Å². The Morgan fingerprint density at radius 3 is 2.59 bits per heavy atom. The van der Waals surface area contributed by atoms with E-state index in [4.69, 9.17) is 0 Å². The number of anilines is 1. The van der Waals surface area contributed by atoms with Crippen molar-refractivity contribution in [2.24, 2.45) is 5.92 Å². The molecule has 0 bridgehead atoms. The molecule has 0 spiro atoms. The molecule has 146 valence electrons. The lowest BCUT2D eigenvalue weighted by Gasteiger charge is -2.20. The molecule has 1 heterocycles. The molecule has 1 N–H and O–H groups in total. The third kappa shape index (κ3) is 4.23. The highest BCUT2D eigenvalue weighted by Gasteiger charge is 2.24. The average molecular weight is 408 g/mol. The number of amides is 1. The van der Waals surface area contributed by atoms with Gasteiger partial charge in [-0.05, 0) is 63.3 Å². The number of carbonyl (C=O) groups is 1. The molecular formula is C19H25N3O3S2. The summed E-state index contributed by atoms with van der Waals surface area (Å²) in [5, 5.41) is 3.44. The van der Waals surface area contributed by atoms with Gasteiger partial charge >= 0.3 is 0 Å². The largest absolute Gasteiger partial charge is 0.298 e. The summed E-state index contributed by atoms with van der Waals surface area (Å²) in [6.07, 6.45) is 3.10. The van der Waals surface area contributed by atoms with Gasteiger partial charge in [0.1, 0.15) is 0 Å². The maximum Gasteiger partial charge on any atom is 0.257 e. The lowest BCUT2D eigenvalue weighted by molar-refractivity contribution is 0.102. The van der Waals surface area contributed by atoms with E-state index in [0.717, 1.165) is 25.0 Å². The van der Waals surface area contributed by atoms with E-state index in [2.05, 4.69) is 17.2 Å². The highest BCUT2D eigenvalue weighted by atomic mass is 32.2. The molecule has 0 fully saturated rings. The van der Waals surface area contributed by atoms with Crippen molar-refractivity contribution in [1.82, 2.24) is 9.29 Å². The number of benzene rings is 1. The molecule has 1 aliphatic carbocycles. The quantitative estimate of drug-likeness (QED) is 0.822. The fourth-order valence-corrected chi connectivity index (χ4v) is 5.52. The number of aryl methyl sites for hydroxylation is 1. The molecular weight excluding hydrogens is 382 g/mol. The predicted molar refractivity (Wildman–Crippen MR) is 108 cm³/mol. The zero-order valence-electron chi connectivity index (χ0n) is 16.0. The van der Waals surface area contributed by atoms with Crippen molar-refractivity contribution in [3.8, 4) is 0 Å². The van der Waals surface area contributed by atoms with Crippen LogP contribution < -0.4 is 5.32 Å². The Morgan fingerprint density at radius 1 is 1.30 bits per heavy atom. The monoisotopic (exact) mass is 407 g/mol. The molecule has 1 unspecified atom stereocenters. The van der Waals surface area contributed by atoms with E-state index in [1.165, 1.54) is 44.8 Å². The van der Waals surface area contributed by atoms with Gasteiger partial charge in [-0.3, -0.25) is 10.1 Å². The summed E-state index contributed by atoms with van der Waals surface area (Å²) < 4.78 is 26.3. The first kappa shape index (κ1) is 20.0. The minimum absolute atomic E-state index is 0.142. The normalized spacial score (nSPS) is 17.2. The smallest absolute Gasteiger partial charge is 0.257 e. The van der Waals surface area contributed by atoms with E-state index < -0.39 is 10.0 Å². The molecule has 1 aromatic carbocycles. The van der Waals surface area contributed by atoms with Crippen molar-refractivity contribution in [3.63, 3.8) is 0 Å². The van der Waals surface area contributed by atoms with E-state index in [9.17, 15) is 13.2 Å². The molecule has 0 saturated heterocycles. The zero-order chi connectivity index (χ0) is 19.8. The van der Waals surface area contributed by atoms with Crippen LogP contribution in [0.25, 0.3) is 0 Å². The number of thiazole rings is 1. The fraction of sp³-hybridized carbons (Fsp3) is 0.474. The molecule has 0 radical (unpaired) electrons. The Labute approximate surface area is 164 Å². The fourth-order valence-electron chi connectivity index (χ4n) is 2.98. The van der Waals surface area contributed by atoms with Gasteiger partial charge in [-0.1, -0.05) is 6.92 Å². The average Bonchev–Trinajstić information content (AvgIpc) is 3.02. The lowest BCUT2D eigenvalue weighted by atomic mass is 9.93. The Balaban J connectivity index is 1.73. The molecule has 0 saturated carbocycles. The summed E-state index contributed by atoms with van der Waals surface area (Å²) >= 11 is 1.53. The third-order valence-electron chi connectivity index (χ3n) is 4.93. The molecule has 1 aliphatic rings. The minimum Gasteiger partial charge on any atom is -0.298 e. The zero-order valence-corrected chi connectivity index (χ0v) is 17.7. The molecule has 1 aromatic heterocycles. The SMILES string of the molecule is CC1CCc2nc(NC(=O)c3ccc(S(=O)(=O)N(C)C(C)C)cc3)sc2C1. The Kier molecular flexibility index (Phi) is 5.69. The van der Waals surface area contributed by atoms with Crippen molar-refractivity contribution in [2.45, 2.75) is 51.0 Å². The molecule has 3 rings (SSSR count). The summed E-state index contributed by atoms with van der Waals surface area (Å²) in [5.41, 5.74) is 1.49. The second kappa shape index (κ2) is 7.69. The van der Waals surface area contributed by atoms with Crippen LogP contribution in [0.4, 0.5) is 5.13 Å². The summed E-state index contributed by atoms with van der Waals surface area (Å²) in [7, 11) is -2.01. The van der Waals surface area contributed by atoms with Crippen molar-refractivity contribution in [3.05, 3.63) is 40.4 Å². The van der Waals surface area contributed by atoms with E-state index in [-0.39, 0.29) is 16.8 Å². The number of nitrogens with zero attached hydrogens (tertiary/aromatic N) is 2. The summed E-state index contributed by atoms with van der Waals surface area (Å²) in [5.74, 6) is 0.371. The van der Waals surface area contributed by atoms with Crippen molar-refractivity contribution >= 4 is 32.4 Å². The summed E-state index contributed by atoms with van der Waals surface area (Å²) in [4.78, 5) is 18.5. The van der Waals surface area contributed by atoms with Gasteiger partial charge < -0.3 is 0 Å². The maximum atomic E-state index is 12.5. The summed E-state index contributed by atoms with van der Waals surface area (Å²) in [6, 6.07) is 5.87. The standard InChI is InChI=1S/C19H25N3O3S2/c1-12(2)22(4)27(24,25)15-8-6-14(7-9-15)18(23)21-19-20-16-10-5-13(3)11-17(16)26-19/h6-9,12-13H,5,10-11H2,1-4H3,(H,20,21,23). The van der Waals surface area contributed by atoms with E-state index >= 15 is 0 Å². The van der Waals surface area contributed by atoms with E-state index in [1.54, 1.807) is 7.05 Å². The number of aromatic nitrogens is 1. The number of sulfonamides is 1. The van der Waals surface area contributed by atoms with Crippen LogP contribution in [0.15, 0.2) is 29.2 Å². The first-order valence-electron chi connectivity index (χ1n) is 9.06. The Bertz CT molecular complexity index is 934. The number of fused-ring (bicyclic) bond motifs is 1. The van der Waals surface area contributed by atoms with Gasteiger partial charge in [0.05, 0.1) is 10.6 Å². The van der Waals surface area contributed by atoms with Gasteiger partial charge in [0, 0.05) is 23.5 Å². The van der Waals surface area contributed by atoms with Gasteiger partial charge in [0.15, 0.2) is 5.13 Å². The van der Waals surface area contributed by atoms with Crippen molar-refractivity contribution < 1.29 is 13.2 Å². The summed E-state index contributed by atoms with van der Waals surface area (Å²) in [6.45, 7) is 5.86. The van der Waals surface area contributed by atoms with Crippen LogP contribution in [0.1, 0.15) is 48.1 Å². The van der Waals surface area contributed by atoms with Gasteiger partial charge in [-0.15, -0.1) is 11.3 Å². The van der Waals surface area contributed by atoms with Gasteiger partial charge in [0.2, 0.25) is 10.0 Å². The van der Waals surface area contributed by atoms with Gasteiger partial charge in [0.25, 0.3) is 5.91 Å². The Hall–Kier alpha value is -1.77. The first-order chi connectivity index (χ1) is 12.7. The first-order valence-corrected chi connectivity index (χ1v) is 11.3. The highest BCUT2D eigenvalue weighted by molar-refractivity contribution is 7.89. The van der Waals surface area contributed by atoms with E-state index in [0.29, 0.717) is 16.6 Å². The molecule has 2 aromatic rings. The number of hydrogen-bond donors (Lipinski definition) is 1. The number of nitrogens with one attached hydrogen (secondary N) is 1. The van der Waals surface area contributed by atoms with Crippen molar-refractivity contribution in [2.75, 3.05) is 12.4 Å². The molecule has 1 atom stereocenters. The predicted octanol–water partition coefficient (Wildman–Crippen LogP) is 3.55. The molecule has 6 nitrogen and oxygen atoms in total. The van der Waals surface area contributed by atoms with Crippen LogP contribution in [-0.4, -0.2) is 36.7 Å². The van der Waals surface area contributed by atoms with Crippen LogP contribution in [0.5, 0.6) is 0 Å². The molecule has 27 heavy (non-hydrogen) atoms. The lowest BCUT2D eigenvalue weighted by Crippen LogP contribution is -2.33. The van der Waals surface area contributed by atoms with Crippen LogP contribution in [-0.2, 0) is 22.9 Å². The van der Waals surface area contributed by atoms with E-state index in [1.807, 2.05) is 13.8 Å². The number of carbonyl (C=O) groups excluding carboxylic acids is 1. The van der Waals surface area contributed by atoms with Crippen LogP contribution in [0.3, 0.4) is 0 Å². The number of rotatable bonds is 5. The van der Waals surface area contributed by atoms with Crippen molar-refractivity contribution in [1.29, 1.82) is 0 Å². The second-order valence-electron chi connectivity index (χ2n) is 7.33. The van der Waals surface area contributed by atoms with Crippen LogP contribution in [0, 0.1) is 5.92 Å². The van der Waals surface area contributed by atoms with Gasteiger partial charge in [-0.25, -0.2) is 13.4 Å². The Morgan fingerprint density at radius 2 is 1.96 bits per heavy atom. The molecule has 8 heteroatoms. The van der Waals surface area contributed by atoms with Crippen LogP contribution >= 0.6 is 11.3 Å². The van der Waals surface area contributed by atoms with Gasteiger partial charge in [-0.2, -0.15) is 4.31 Å². The second-order valence-corrected chi connectivity index (χ2v) is 10.4.